The molecule has 0 saturated heterocycles. The van der Waals surface area contributed by atoms with Crippen molar-refractivity contribution in [3.63, 3.8) is 0 Å². The maximum Gasteiger partial charge on any atom is 0.185 e. The van der Waals surface area contributed by atoms with E-state index in [-0.39, 0.29) is 5.96 Å². The van der Waals surface area contributed by atoms with Crippen LogP contribution >= 0.6 is 0 Å². The van der Waals surface area contributed by atoms with Crippen LogP contribution in [0, 0.1) is 6.92 Å². The Balaban J connectivity index is 2.08. The van der Waals surface area contributed by atoms with Gasteiger partial charge in [-0.1, -0.05) is 12.1 Å². The Kier molecular flexibility index (Phi) is 2.99. The zero-order chi connectivity index (χ0) is 11.5. The van der Waals surface area contributed by atoms with Gasteiger partial charge < -0.3 is 16.8 Å². The van der Waals surface area contributed by atoms with Crippen LogP contribution in [0.15, 0.2) is 23.2 Å². The van der Waals surface area contributed by atoms with E-state index in [0.717, 1.165) is 12.8 Å². The highest BCUT2D eigenvalue weighted by atomic mass is 15.0. The average Bonchev–Trinajstić information content (AvgIpc) is 2.25. The third-order valence-electron chi connectivity index (χ3n) is 2.88. The number of hydrogen-bond acceptors (Lipinski definition) is 2. The molecule has 1 unspecified atom stereocenters. The number of aliphatic imine (C=N–C) groups is 1. The van der Waals surface area contributed by atoms with Crippen LogP contribution in [0.2, 0.25) is 0 Å². The lowest BCUT2D eigenvalue weighted by Gasteiger charge is -2.26. The second-order valence-electron chi connectivity index (χ2n) is 4.31. The molecule has 0 spiro atoms. The maximum absolute atomic E-state index is 5.33. The normalized spacial score (nSPS) is 18.4. The number of nitrogens with one attached hydrogen (secondary N) is 1. The van der Waals surface area contributed by atoms with Gasteiger partial charge in [0.2, 0.25) is 0 Å². The van der Waals surface area contributed by atoms with Crippen molar-refractivity contribution in [1.29, 1.82) is 0 Å². The largest absolute Gasteiger partial charge is 0.380 e. The molecule has 0 saturated carbocycles. The summed E-state index contributed by atoms with van der Waals surface area (Å²) < 4.78 is 0. The van der Waals surface area contributed by atoms with Crippen LogP contribution in [0.3, 0.4) is 0 Å². The number of aryl methyl sites for hydroxylation is 2. The van der Waals surface area contributed by atoms with Crippen LogP contribution in [0.1, 0.15) is 17.5 Å². The van der Waals surface area contributed by atoms with Gasteiger partial charge in [0.1, 0.15) is 0 Å². The predicted molar refractivity (Wildman–Crippen MR) is 67.6 cm³/mol. The summed E-state index contributed by atoms with van der Waals surface area (Å²) in [6, 6.07) is 6.86. The molecule has 0 fully saturated rings. The number of anilines is 1. The summed E-state index contributed by atoms with van der Waals surface area (Å²) in [5, 5.41) is 3.47. The molecule has 1 aliphatic heterocycles. The summed E-state index contributed by atoms with van der Waals surface area (Å²) in [6.07, 6.45) is 2.17. The number of hydrogen-bond donors (Lipinski definition) is 3. The van der Waals surface area contributed by atoms with Gasteiger partial charge in [0.15, 0.2) is 5.96 Å². The molecule has 86 valence electrons. The molecule has 2 rings (SSSR count). The van der Waals surface area contributed by atoms with E-state index in [1.54, 1.807) is 0 Å². The lowest BCUT2D eigenvalue weighted by atomic mass is 9.97. The van der Waals surface area contributed by atoms with E-state index in [4.69, 9.17) is 11.5 Å². The second-order valence-corrected chi connectivity index (χ2v) is 4.31. The minimum Gasteiger partial charge on any atom is -0.380 e. The van der Waals surface area contributed by atoms with E-state index >= 15 is 0 Å². The quantitative estimate of drug-likeness (QED) is 0.512. The number of guanidine groups is 1. The number of rotatable bonds is 2. The molecule has 0 radical (unpaired) electrons. The number of benzene rings is 1. The van der Waals surface area contributed by atoms with Gasteiger partial charge in [0.25, 0.3) is 0 Å². The molecule has 1 aromatic rings. The fourth-order valence-electron chi connectivity index (χ4n) is 2.02. The Morgan fingerprint density at radius 3 is 3.06 bits per heavy atom. The Bertz CT molecular complexity index is 407. The van der Waals surface area contributed by atoms with Crippen molar-refractivity contribution in [2.45, 2.75) is 25.8 Å². The minimum atomic E-state index is 0.164. The standard InChI is InChI=1S/C12H18N4/c1-8-2-3-9-4-5-10(7-15-12(13)14)16-11(9)6-8/h2-3,6,10,16H,4-5,7H2,1H3,(H4,13,14,15). The van der Waals surface area contributed by atoms with Gasteiger partial charge in [-0.2, -0.15) is 0 Å². The van der Waals surface area contributed by atoms with Crippen molar-refractivity contribution in [3.05, 3.63) is 29.3 Å². The summed E-state index contributed by atoms with van der Waals surface area (Å²) in [6.45, 7) is 2.75. The lowest BCUT2D eigenvalue weighted by molar-refractivity contribution is 0.639. The number of nitrogens with zero attached hydrogens (tertiary/aromatic N) is 1. The van der Waals surface area contributed by atoms with Crippen molar-refractivity contribution in [1.82, 2.24) is 0 Å². The molecule has 5 N–H and O–H groups in total. The van der Waals surface area contributed by atoms with Crippen LogP contribution in [0.5, 0.6) is 0 Å². The highest BCUT2D eigenvalue weighted by molar-refractivity contribution is 5.75. The maximum atomic E-state index is 5.33. The van der Waals surface area contributed by atoms with E-state index in [0.29, 0.717) is 12.6 Å². The van der Waals surface area contributed by atoms with Gasteiger partial charge in [0.05, 0.1) is 6.54 Å². The molecule has 0 aromatic heterocycles. The van der Waals surface area contributed by atoms with E-state index in [9.17, 15) is 0 Å². The first-order valence-corrected chi connectivity index (χ1v) is 5.56. The Labute approximate surface area is 95.7 Å². The Hall–Kier alpha value is -1.71. The summed E-state index contributed by atoms with van der Waals surface area (Å²) in [5.41, 5.74) is 14.5. The molecule has 4 nitrogen and oxygen atoms in total. The van der Waals surface area contributed by atoms with E-state index in [1.165, 1.54) is 16.8 Å². The van der Waals surface area contributed by atoms with Gasteiger partial charge in [-0.15, -0.1) is 0 Å². The lowest BCUT2D eigenvalue weighted by Crippen LogP contribution is -2.31. The van der Waals surface area contributed by atoms with Gasteiger partial charge in [-0.3, -0.25) is 4.99 Å². The fourth-order valence-corrected chi connectivity index (χ4v) is 2.02. The molecule has 0 aliphatic carbocycles. The van der Waals surface area contributed by atoms with Crippen LogP contribution < -0.4 is 16.8 Å². The van der Waals surface area contributed by atoms with E-state index in [2.05, 4.69) is 35.4 Å². The molecule has 1 aliphatic rings. The zero-order valence-corrected chi connectivity index (χ0v) is 9.53. The van der Waals surface area contributed by atoms with Gasteiger partial charge in [-0.25, -0.2) is 0 Å². The number of nitrogens with two attached hydrogens (primary N) is 2. The topological polar surface area (TPSA) is 76.4 Å². The van der Waals surface area contributed by atoms with Gasteiger partial charge in [-0.05, 0) is 37.0 Å². The first-order chi connectivity index (χ1) is 7.65. The third kappa shape index (κ3) is 2.45. The summed E-state index contributed by atoms with van der Waals surface area (Å²) in [5.74, 6) is 0.164. The second kappa shape index (κ2) is 4.43. The zero-order valence-electron chi connectivity index (χ0n) is 9.53. The molecule has 4 heteroatoms. The monoisotopic (exact) mass is 218 g/mol. The Morgan fingerprint density at radius 1 is 1.50 bits per heavy atom. The van der Waals surface area contributed by atoms with Crippen molar-refractivity contribution in [2.24, 2.45) is 16.5 Å². The summed E-state index contributed by atoms with van der Waals surface area (Å²) in [4.78, 5) is 4.05. The van der Waals surface area contributed by atoms with Crippen molar-refractivity contribution in [3.8, 4) is 0 Å². The number of fused-ring (bicyclic) bond motifs is 1. The molecular formula is C12H18N4. The van der Waals surface area contributed by atoms with E-state index in [1.807, 2.05) is 0 Å². The van der Waals surface area contributed by atoms with Crippen LogP contribution in [0.4, 0.5) is 5.69 Å². The van der Waals surface area contributed by atoms with Crippen LogP contribution in [-0.2, 0) is 6.42 Å². The van der Waals surface area contributed by atoms with Crippen LogP contribution in [0.25, 0.3) is 0 Å². The van der Waals surface area contributed by atoms with Gasteiger partial charge >= 0.3 is 0 Å². The first kappa shape index (κ1) is 10.8. The van der Waals surface area contributed by atoms with Crippen LogP contribution in [-0.4, -0.2) is 18.5 Å². The molecule has 0 amide bonds. The molecule has 1 heterocycles. The first-order valence-electron chi connectivity index (χ1n) is 5.56. The SMILES string of the molecule is Cc1ccc2c(c1)NC(CN=C(N)N)CC2. The van der Waals surface area contributed by atoms with Crippen molar-refractivity contribution in [2.75, 3.05) is 11.9 Å². The fraction of sp³-hybridized carbons (Fsp3) is 0.417. The van der Waals surface area contributed by atoms with Crippen molar-refractivity contribution < 1.29 is 0 Å². The molecule has 1 aromatic carbocycles. The predicted octanol–water partition coefficient (Wildman–Crippen LogP) is 0.995. The smallest absolute Gasteiger partial charge is 0.185 e. The van der Waals surface area contributed by atoms with E-state index < -0.39 is 0 Å². The molecule has 1 atom stereocenters. The minimum absolute atomic E-state index is 0.164. The summed E-state index contributed by atoms with van der Waals surface area (Å²) >= 11 is 0. The van der Waals surface area contributed by atoms with Crippen molar-refractivity contribution >= 4 is 11.6 Å². The average molecular weight is 218 g/mol. The Morgan fingerprint density at radius 2 is 2.31 bits per heavy atom. The summed E-state index contributed by atoms with van der Waals surface area (Å²) in [7, 11) is 0. The third-order valence-corrected chi connectivity index (χ3v) is 2.88. The van der Waals surface area contributed by atoms with Gasteiger partial charge in [0, 0.05) is 11.7 Å². The highest BCUT2D eigenvalue weighted by Gasteiger charge is 2.16. The molecular weight excluding hydrogens is 200 g/mol. The molecule has 16 heavy (non-hydrogen) atoms. The molecule has 0 bridgehead atoms. The highest BCUT2D eigenvalue weighted by Crippen LogP contribution is 2.25.